The predicted octanol–water partition coefficient (Wildman–Crippen LogP) is 2.02. The van der Waals surface area contributed by atoms with Crippen LogP contribution in [0.15, 0.2) is 0 Å². The Hall–Kier alpha value is 0.170. The van der Waals surface area contributed by atoms with E-state index in [1.807, 2.05) is 0 Å². The number of fused-ring (bicyclic) bond motifs is 1. The molecular formula is C15H30ClN3. The number of halogens is 1. The van der Waals surface area contributed by atoms with Crippen LogP contribution >= 0.6 is 11.6 Å². The molecule has 0 spiro atoms. The van der Waals surface area contributed by atoms with Gasteiger partial charge in [0.15, 0.2) is 0 Å². The van der Waals surface area contributed by atoms with E-state index < -0.39 is 0 Å². The molecule has 0 radical (unpaired) electrons. The van der Waals surface area contributed by atoms with Crippen LogP contribution < -0.4 is 11.5 Å². The van der Waals surface area contributed by atoms with Crippen molar-refractivity contribution < 1.29 is 0 Å². The smallest absolute Gasteiger partial charge is 0.0351 e. The average molecular weight is 288 g/mol. The third-order valence-electron chi connectivity index (χ3n) is 6.03. The normalized spacial score (nSPS) is 46.9. The molecular weight excluding hydrogens is 258 g/mol. The first-order chi connectivity index (χ1) is 8.80. The monoisotopic (exact) mass is 287 g/mol. The molecule has 3 nitrogen and oxygen atoms in total. The van der Waals surface area contributed by atoms with Gasteiger partial charge in [0.05, 0.1) is 0 Å². The number of likely N-dealkylation sites (tertiary alicyclic amines) is 1. The Labute approximate surface area is 123 Å². The molecule has 0 aromatic rings. The van der Waals surface area contributed by atoms with Crippen LogP contribution in [0.5, 0.6) is 0 Å². The van der Waals surface area contributed by atoms with Crippen LogP contribution in [0.25, 0.3) is 0 Å². The fraction of sp³-hybridized carbons (Fsp3) is 1.00. The van der Waals surface area contributed by atoms with E-state index in [1.54, 1.807) is 0 Å². The minimum Gasteiger partial charge on any atom is -0.328 e. The first kappa shape index (κ1) is 15.6. The number of rotatable bonds is 2. The predicted molar refractivity (Wildman–Crippen MR) is 82.3 cm³/mol. The highest BCUT2D eigenvalue weighted by atomic mass is 35.5. The van der Waals surface area contributed by atoms with Crippen LogP contribution in [0.2, 0.25) is 0 Å². The molecule has 2 fully saturated rings. The third kappa shape index (κ3) is 2.55. The lowest BCUT2D eigenvalue weighted by Gasteiger charge is -2.61. The summed E-state index contributed by atoms with van der Waals surface area (Å²) in [6, 6.07) is 0.899. The van der Waals surface area contributed by atoms with Crippen molar-refractivity contribution in [2.45, 2.75) is 64.2 Å². The zero-order valence-electron chi connectivity index (χ0n) is 12.8. The summed E-state index contributed by atoms with van der Waals surface area (Å²) in [5.74, 6) is 2.59. The third-order valence-corrected chi connectivity index (χ3v) is 6.20. The van der Waals surface area contributed by atoms with Gasteiger partial charge in [-0.05, 0) is 44.4 Å². The van der Waals surface area contributed by atoms with E-state index in [0.717, 1.165) is 19.4 Å². The first-order valence-corrected chi connectivity index (χ1v) is 8.18. The lowest BCUT2D eigenvalue weighted by molar-refractivity contribution is -0.102. The summed E-state index contributed by atoms with van der Waals surface area (Å²) >= 11 is 6.05. The van der Waals surface area contributed by atoms with Crippen molar-refractivity contribution in [3.05, 3.63) is 0 Å². The molecule has 0 aromatic carbocycles. The maximum atomic E-state index is 6.46. The lowest BCUT2D eigenvalue weighted by atomic mass is 9.60. The van der Waals surface area contributed by atoms with Crippen molar-refractivity contribution in [2.75, 3.05) is 12.4 Å². The summed E-state index contributed by atoms with van der Waals surface area (Å²) < 4.78 is 0. The second kappa shape index (κ2) is 5.51. The second-order valence-corrected chi connectivity index (χ2v) is 7.61. The van der Waals surface area contributed by atoms with Crippen LogP contribution in [0, 0.1) is 17.8 Å². The first-order valence-electron chi connectivity index (χ1n) is 7.64. The molecule has 112 valence electrons. The fourth-order valence-electron chi connectivity index (χ4n) is 4.57. The Kier molecular flexibility index (Phi) is 4.51. The Balaban J connectivity index is 2.34. The van der Waals surface area contributed by atoms with Crippen LogP contribution in [0.1, 0.15) is 40.5 Å². The SMILES string of the molecule is CC1C2CC(N)CC(N)C2N(CCCl)C(C)(C)C1C. The molecule has 0 bridgehead atoms. The van der Waals surface area contributed by atoms with Crippen molar-refractivity contribution in [2.24, 2.45) is 29.2 Å². The minimum absolute atomic E-state index is 0.161. The molecule has 1 aliphatic heterocycles. The van der Waals surface area contributed by atoms with Gasteiger partial charge in [0.25, 0.3) is 0 Å². The van der Waals surface area contributed by atoms with Crippen molar-refractivity contribution >= 4 is 11.6 Å². The number of hydrogen-bond donors (Lipinski definition) is 2. The summed E-state index contributed by atoms with van der Waals surface area (Å²) in [5.41, 5.74) is 12.8. The van der Waals surface area contributed by atoms with Gasteiger partial charge in [0, 0.05) is 36.1 Å². The average Bonchev–Trinajstić information content (AvgIpc) is 2.32. The molecule has 0 amide bonds. The van der Waals surface area contributed by atoms with E-state index in [0.29, 0.717) is 29.7 Å². The maximum Gasteiger partial charge on any atom is 0.0351 e. The summed E-state index contributed by atoms with van der Waals surface area (Å²) in [7, 11) is 0. The quantitative estimate of drug-likeness (QED) is 0.764. The minimum atomic E-state index is 0.161. The van der Waals surface area contributed by atoms with Gasteiger partial charge in [-0.1, -0.05) is 13.8 Å². The van der Waals surface area contributed by atoms with Crippen molar-refractivity contribution in [3.8, 4) is 0 Å². The molecule has 0 aromatic heterocycles. The summed E-state index contributed by atoms with van der Waals surface area (Å²) in [5, 5.41) is 0. The van der Waals surface area contributed by atoms with Gasteiger partial charge < -0.3 is 11.5 Å². The summed E-state index contributed by atoms with van der Waals surface area (Å²) in [6.07, 6.45) is 2.05. The molecule has 6 atom stereocenters. The van der Waals surface area contributed by atoms with Gasteiger partial charge in [-0.3, -0.25) is 4.90 Å². The van der Waals surface area contributed by atoms with Gasteiger partial charge in [-0.2, -0.15) is 0 Å². The highest BCUT2D eigenvalue weighted by molar-refractivity contribution is 6.18. The molecule has 6 unspecified atom stereocenters. The largest absolute Gasteiger partial charge is 0.328 e. The number of nitrogens with zero attached hydrogens (tertiary/aromatic N) is 1. The van der Waals surface area contributed by atoms with Gasteiger partial charge in [-0.25, -0.2) is 0 Å². The lowest BCUT2D eigenvalue weighted by Crippen LogP contribution is -2.70. The molecule has 1 saturated carbocycles. The maximum absolute atomic E-state index is 6.46. The topological polar surface area (TPSA) is 55.3 Å². The Morgan fingerprint density at radius 1 is 1.21 bits per heavy atom. The van der Waals surface area contributed by atoms with Crippen molar-refractivity contribution in [1.82, 2.24) is 4.90 Å². The Morgan fingerprint density at radius 2 is 1.84 bits per heavy atom. The second-order valence-electron chi connectivity index (χ2n) is 7.23. The highest BCUT2D eigenvalue weighted by Gasteiger charge is 2.52. The Bertz CT molecular complexity index is 321. The number of nitrogens with two attached hydrogens (primary N) is 2. The fourth-order valence-corrected chi connectivity index (χ4v) is 4.75. The molecule has 1 aliphatic carbocycles. The molecule has 4 N–H and O–H groups in total. The van der Waals surface area contributed by atoms with E-state index in [2.05, 4.69) is 32.6 Å². The standard InChI is InChI=1S/C15H30ClN3/c1-9-10(2)15(3,4)19(6-5-16)14-12(9)7-11(17)8-13(14)18/h9-14H,5-8,17-18H2,1-4H3. The Morgan fingerprint density at radius 3 is 2.42 bits per heavy atom. The van der Waals surface area contributed by atoms with E-state index >= 15 is 0 Å². The zero-order valence-corrected chi connectivity index (χ0v) is 13.5. The molecule has 1 saturated heterocycles. The van der Waals surface area contributed by atoms with Gasteiger partial charge in [0.2, 0.25) is 0 Å². The van der Waals surface area contributed by atoms with Crippen LogP contribution in [0.4, 0.5) is 0 Å². The van der Waals surface area contributed by atoms with Gasteiger partial charge in [0.1, 0.15) is 0 Å². The van der Waals surface area contributed by atoms with E-state index in [9.17, 15) is 0 Å². The van der Waals surface area contributed by atoms with Crippen LogP contribution in [-0.2, 0) is 0 Å². The zero-order chi connectivity index (χ0) is 14.4. The number of piperidine rings is 1. The van der Waals surface area contributed by atoms with Gasteiger partial charge in [-0.15, -0.1) is 11.6 Å². The summed E-state index contributed by atoms with van der Waals surface area (Å²) in [4.78, 5) is 2.58. The summed E-state index contributed by atoms with van der Waals surface area (Å²) in [6.45, 7) is 10.4. The molecule has 19 heavy (non-hydrogen) atoms. The van der Waals surface area contributed by atoms with Crippen LogP contribution in [-0.4, -0.2) is 41.0 Å². The molecule has 2 rings (SSSR count). The van der Waals surface area contributed by atoms with Crippen molar-refractivity contribution in [3.63, 3.8) is 0 Å². The number of alkyl halides is 1. The number of hydrogen-bond acceptors (Lipinski definition) is 3. The van der Waals surface area contributed by atoms with Gasteiger partial charge >= 0.3 is 0 Å². The van der Waals surface area contributed by atoms with E-state index in [-0.39, 0.29) is 17.6 Å². The van der Waals surface area contributed by atoms with Crippen molar-refractivity contribution in [1.29, 1.82) is 0 Å². The van der Waals surface area contributed by atoms with E-state index in [4.69, 9.17) is 23.1 Å². The molecule has 1 heterocycles. The van der Waals surface area contributed by atoms with Crippen LogP contribution in [0.3, 0.4) is 0 Å². The highest BCUT2D eigenvalue weighted by Crippen LogP contribution is 2.47. The van der Waals surface area contributed by atoms with E-state index in [1.165, 1.54) is 0 Å². The molecule has 2 aliphatic rings. The molecule has 4 heteroatoms.